The Morgan fingerprint density at radius 2 is 2.10 bits per heavy atom. The smallest absolute Gasteiger partial charge is 0.387 e. The molecule has 1 aromatic carbocycles. The molecular weight excluding hydrogens is 495 g/mol. The van der Waals surface area contributed by atoms with E-state index < -0.39 is 6.61 Å². The number of methoxy groups -OCH3 is 1. The summed E-state index contributed by atoms with van der Waals surface area (Å²) in [6.07, 6.45) is 5.19. The van der Waals surface area contributed by atoms with Gasteiger partial charge < -0.3 is 20.1 Å². The third-order valence-electron chi connectivity index (χ3n) is 3.87. The Hall–Kier alpha value is -2.11. The molecule has 0 aliphatic rings. The summed E-state index contributed by atoms with van der Waals surface area (Å²) in [7, 11) is 1.42. The second-order valence-corrected chi connectivity index (χ2v) is 5.92. The number of hydrogen-bond acceptors (Lipinski definition) is 4. The molecule has 10 heteroatoms. The molecule has 0 aliphatic heterocycles. The monoisotopic (exact) mass is 523 g/mol. The molecule has 162 valence electrons. The van der Waals surface area contributed by atoms with E-state index in [4.69, 9.17) is 4.74 Å². The minimum atomic E-state index is -2.89. The molecule has 0 bridgehead atoms. The van der Waals surface area contributed by atoms with E-state index in [1.165, 1.54) is 7.11 Å². The summed E-state index contributed by atoms with van der Waals surface area (Å²) in [5.41, 5.74) is 0.860. The molecule has 1 aromatic heterocycles. The number of ether oxygens (including phenoxy) is 2. The molecule has 1 heterocycles. The zero-order valence-corrected chi connectivity index (χ0v) is 18.9. The van der Waals surface area contributed by atoms with Crippen LogP contribution in [0.15, 0.2) is 41.7 Å². The average molecular weight is 523 g/mol. The molecule has 0 saturated carbocycles. The predicted molar refractivity (Wildman–Crippen MR) is 120 cm³/mol. The van der Waals surface area contributed by atoms with E-state index in [1.54, 1.807) is 18.3 Å². The van der Waals surface area contributed by atoms with Crippen LogP contribution >= 0.6 is 24.0 Å². The SMILES string of the molecule is CCNC(=NCCCn1cccn1)NCCc1ccc(OC)c(OC(F)F)c1.I. The molecule has 0 amide bonds. The summed E-state index contributed by atoms with van der Waals surface area (Å²) < 4.78 is 36.5. The molecule has 0 radical (unpaired) electrons. The van der Waals surface area contributed by atoms with Crippen LogP contribution in [-0.2, 0) is 13.0 Å². The van der Waals surface area contributed by atoms with Gasteiger partial charge in [-0.3, -0.25) is 9.67 Å². The first-order valence-corrected chi connectivity index (χ1v) is 9.23. The number of hydrogen-bond donors (Lipinski definition) is 2. The van der Waals surface area contributed by atoms with E-state index in [9.17, 15) is 8.78 Å². The Bertz CT molecular complexity index is 729. The summed E-state index contributed by atoms with van der Waals surface area (Å²) in [6, 6.07) is 6.92. The zero-order chi connectivity index (χ0) is 20.2. The highest BCUT2D eigenvalue weighted by Gasteiger charge is 2.11. The molecule has 0 aliphatic carbocycles. The van der Waals surface area contributed by atoms with Crippen LogP contribution in [0.5, 0.6) is 11.5 Å². The Morgan fingerprint density at radius 3 is 2.76 bits per heavy atom. The van der Waals surface area contributed by atoms with Crippen molar-refractivity contribution in [2.45, 2.75) is 32.9 Å². The molecule has 0 fully saturated rings. The Labute approximate surface area is 186 Å². The fraction of sp³-hybridized carbons (Fsp3) is 0.474. The van der Waals surface area contributed by atoms with Gasteiger partial charge in [0.05, 0.1) is 7.11 Å². The van der Waals surface area contributed by atoms with Gasteiger partial charge in [0.1, 0.15) is 0 Å². The molecule has 7 nitrogen and oxygen atoms in total. The number of halogens is 3. The van der Waals surface area contributed by atoms with Gasteiger partial charge >= 0.3 is 6.61 Å². The first-order chi connectivity index (χ1) is 13.6. The standard InChI is InChI=1S/C19H27F2N5O2.HI/c1-3-22-19(23-9-4-12-26-13-5-10-25-26)24-11-8-15-6-7-16(27-2)17(14-15)28-18(20)21;/h5-7,10,13-14,18H,3-4,8-9,11-12H2,1-2H3,(H2,22,23,24);1H. The minimum absolute atomic E-state index is 0. The normalized spacial score (nSPS) is 11.1. The number of aromatic nitrogens is 2. The summed E-state index contributed by atoms with van der Waals surface area (Å²) in [5.74, 6) is 1.04. The van der Waals surface area contributed by atoms with E-state index in [1.807, 2.05) is 29.9 Å². The van der Waals surface area contributed by atoms with Crippen molar-refractivity contribution >= 4 is 29.9 Å². The van der Waals surface area contributed by atoms with Crippen LogP contribution in [0.3, 0.4) is 0 Å². The van der Waals surface area contributed by atoms with Gasteiger partial charge in [0.15, 0.2) is 17.5 Å². The second-order valence-electron chi connectivity index (χ2n) is 5.92. The van der Waals surface area contributed by atoms with E-state index in [2.05, 4.69) is 25.5 Å². The Balaban J connectivity index is 0.00000420. The molecule has 29 heavy (non-hydrogen) atoms. The van der Waals surface area contributed by atoms with E-state index in [-0.39, 0.29) is 35.5 Å². The van der Waals surface area contributed by atoms with Crippen molar-refractivity contribution in [3.05, 3.63) is 42.2 Å². The van der Waals surface area contributed by atoms with Gasteiger partial charge in [0, 0.05) is 38.6 Å². The number of nitrogens with zero attached hydrogens (tertiary/aromatic N) is 3. The lowest BCUT2D eigenvalue weighted by Gasteiger charge is -2.13. The van der Waals surface area contributed by atoms with Gasteiger partial charge in [-0.1, -0.05) is 6.07 Å². The number of rotatable bonds is 11. The molecular formula is C19H28F2IN5O2. The quantitative estimate of drug-likeness (QED) is 0.205. The fourth-order valence-electron chi connectivity index (χ4n) is 2.59. The minimum Gasteiger partial charge on any atom is -0.493 e. The zero-order valence-electron chi connectivity index (χ0n) is 16.6. The van der Waals surface area contributed by atoms with Gasteiger partial charge in [-0.25, -0.2) is 0 Å². The van der Waals surface area contributed by atoms with Crippen molar-refractivity contribution in [3.8, 4) is 11.5 Å². The van der Waals surface area contributed by atoms with E-state index in [0.29, 0.717) is 19.5 Å². The Kier molecular flexibility index (Phi) is 12.0. The van der Waals surface area contributed by atoms with Crippen LogP contribution in [0.25, 0.3) is 0 Å². The van der Waals surface area contributed by atoms with Crippen LogP contribution < -0.4 is 20.1 Å². The number of guanidine groups is 1. The van der Waals surface area contributed by atoms with Crippen LogP contribution in [0, 0.1) is 0 Å². The molecule has 2 aromatic rings. The topological polar surface area (TPSA) is 72.7 Å². The maximum Gasteiger partial charge on any atom is 0.387 e. The summed E-state index contributed by atoms with van der Waals surface area (Å²) in [6.45, 7) is 1.94. The van der Waals surface area contributed by atoms with Crippen molar-refractivity contribution in [2.24, 2.45) is 4.99 Å². The maximum atomic E-state index is 12.5. The van der Waals surface area contributed by atoms with Crippen LogP contribution in [-0.4, -0.2) is 49.1 Å². The van der Waals surface area contributed by atoms with Crippen LogP contribution in [0.1, 0.15) is 18.9 Å². The largest absolute Gasteiger partial charge is 0.493 e. The number of aryl methyl sites for hydroxylation is 1. The number of alkyl halides is 2. The predicted octanol–water partition coefficient (Wildman–Crippen LogP) is 3.30. The first kappa shape index (κ1) is 24.9. The van der Waals surface area contributed by atoms with E-state index in [0.717, 1.165) is 31.0 Å². The Morgan fingerprint density at radius 1 is 1.28 bits per heavy atom. The first-order valence-electron chi connectivity index (χ1n) is 9.23. The number of benzene rings is 1. The number of nitrogens with one attached hydrogen (secondary N) is 2. The van der Waals surface area contributed by atoms with Crippen molar-refractivity contribution in [1.29, 1.82) is 0 Å². The highest BCUT2D eigenvalue weighted by molar-refractivity contribution is 14.0. The van der Waals surface area contributed by atoms with Gasteiger partial charge in [-0.15, -0.1) is 24.0 Å². The third-order valence-corrected chi connectivity index (χ3v) is 3.87. The van der Waals surface area contributed by atoms with Crippen molar-refractivity contribution in [1.82, 2.24) is 20.4 Å². The molecule has 2 N–H and O–H groups in total. The van der Waals surface area contributed by atoms with Crippen molar-refractivity contribution < 1.29 is 18.3 Å². The lowest BCUT2D eigenvalue weighted by molar-refractivity contribution is -0.0512. The molecule has 0 spiro atoms. The second kappa shape index (κ2) is 14.0. The molecule has 0 saturated heterocycles. The lowest BCUT2D eigenvalue weighted by Crippen LogP contribution is -2.38. The number of aliphatic imine (C=N–C) groups is 1. The van der Waals surface area contributed by atoms with Gasteiger partial charge in [-0.05, 0) is 43.5 Å². The van der Waals surface area contributed by atoms with Crippen molar-refractivity contribution in [3.63, 3.8) is 0 Å². The van der Waals surface area contributed by atoms with Crippen LogP contribution in [0.2, 0.25) is 0 Å². The highest BCUT2D eigenvalue weighted by Crippen LogP contribution is 2.29. The van der Waals surface area contributed by atoms with Crippen LogP contribution in [0.4, 0.5) is 8.78 Å². The molecule has 0 unspecified atom stereocenters. The van der Waals surface area contributed by atoms with Gasteiger partial charge in [0.2, 0.25) is 0 Å². The average Bonchev–Trinajstić information content (AvgIpc) is 3.18. The lowest BCUT2D eigenvalue weighted by atomic mass is 10.1. The summed E-state index contributed by atoms with van der Waals surface area (Å²) in [4.78, 5) is 4.54. The van der Waals surface area contributed by atoms with Crippen molar-refractivity contribution in [2.75, 3.05) is 26.7 Å². The van der Waals surface area contributed by atoms with E-state index >= 15 is 0 Å². The molecule has 0 atom stereocenters. The third kappa shape index (κ3) is 9.29. The fourth-order valence-corrected chi connectivity index (χ4v) is 2.59. The van der Waals surface area contributed by atoms with Gasteiger partial charge in [0.25, 0.3) is 0 Å². The molecule has 2 rings (SSSR count). The highest BCUT2D eigenvalue weighted by atomic mass is 127. The van der Waals surface area contributed by atoms with Gasteiger partial charge in [-0.2, -0.15) is 13.9 Å². The summed E-state index contributed by atoms with van der Waals surface area (Å²) >= 11 is 0. The maximum absolute atomic E-state index is 12.5. The summed E-state index contributed by atoms with van der Waals surface area (Å²) in [5, 5.41) is 10.6.